The number of aromatic nitrogens is 2. The van der Waals surface area contributed by atoms with Crippen molar-refractivity contribution in [3.05, 3.63) is 30.6 Å². The number of para-hydroxylation sites is 2. The molecule has 0 spiro atoms. The third-order valence-corrected chi connectivity index (χ3v) is 3.49. The first-order valence-corrected chi connectivity index (χ1v) is 6.49. The second-order valence-electron chi connectivity index (χ2n) is 2.72. The van der Waals surface area contributed by atoms with Crippen molar-refractivity contribution >= 4 is 17.0 Å². The molecule has 1 aromatic heterocycles. The van der Waals surface area contributed by atoms with Crippen LogP contribution in [-0.4, -0.2) is 18.4 Å². The summed E-state index contributed by atoms with van der Waals surface area (Å²) in [5.41, 5.74) is 2.38. The molecule has 14 heavy (non-hydrogen) atoms. The molecule has 0 unspecified atom stereocenters. The van der Waals surface area contributed by atoms with E-state index in [4.69, 9.17) is 9.90 Å². The maximum atomic E-state index is 9.00. The van der Waals surface area contributed by atoms with E-state index in [0.717, 1.165) is 12.4 Å². The number of nitrogens with zero attached hydrogens (tertiary/aromatic N) is 2. The Morgan fingerprint density at radius 2 is 2.07 bits per heavy atom. The Labute approximate surface area is 98.0 Å². The second kappa shape index (κ2) is 5.09. The van der Waals surface area contributed by atoms with Crippen molar-refractivity contribution < 1.29 is 36.3 Å². The van der Waals surface area contributed by atoms with Crippen molar-refractivity contribution in [3.8, 4) is 0 Å². The third-order valence-electron chi connectivity index (χ3n) is 1.53. The van der Waals surface area contributed by atoms with Gasteiger partial charge in [0.15, 0.2) is 0 Å². The summed E-state index contributed by atoms with van der Waals surface area (Å²) in [5, 5.41) is 7.42. The van der Waals surface area contributed by atoms with Gasteiger partial charge in [-0.25, -0.2) is 0 Å². The van der Waals surface area contributed by atoms with Gasteiger partial charge in [-0.3, -0.25) is 4.79 Å². The minimum absolute atomic E-state index is 0.621. The first-order valence-electron chi connectivity index (χ1n) is 4.03. The molecule has 1 N–H and O–H groups in total. The van der Waals surface area contributed by atoms with E-state index >= 15 is 0 Å². The van der Waals surface area contributed by atoms with Crippen LogP contribution in [0.5, 0.6) is 0 Å². The van der Waals surface area contributed by atoms with Gasteiger partial charge in [0.05, 0.1) is 0 Å². The van der Waals surface area contributed by atoms with E-state index in [2.05, 4.69) is 13.4 Å². The molecule has 0 atom stereocenters. The minimum atomic E-state index is -0.833. The normalized spacial score (nSPS) is 9.36. The Morgan fingerprint density at radius 1 is 1.50 bits per heavy atom. The van der Waals surface area contributed by atoms with E-state index in [0.29, 0.717) is 26.4 Å². The fourth-order valence-corrected chi connectivity index (χ4v) is 2.37. The van der Waals surface area contributed by atoms with Crippen molar-refractivity contribution in [1.82, 2.24) is 7.32 Å². The Kier molecular flexibility index (Phi) is 4.07. The van der Waals surface area contributed by atoms with Crippen LogP contribution in [0.15, 0.2) is 30.6 Å². The van der Waals surface area contributed by atoms with Crippen molar-refractivity contribution in [2.24, 2.45) is 0 Å². The first-order chi connectivity index (χ1) is 6.61. The number of fused-ring (bicyclic) bond motifs is 1. The molecular weight excluding hydrogens is 369 g/mol. The monoisotopic (exact) mass is 379 g/mol. The van der Waals surface area contributed by atoms with Crippen LogP contribution in [-0.2, 0) is 31.2 Å². The summed E-state index contributed by atoms with van der Waals surface area (Å²) in [4.78, 5) is 13.2. The van der Waals surface area contributed by atoms with E-state index < -0.39 is 5.97 Å². The zero-order valence-corrected chi connectivity index (χ0v) is 13.3. The van der Waals surface area contributed by atoms with Crippen LogP contribution in [0, 0.1) is 0 Å². The third kappa shape index (κ3) is 3.10. The zero-order chi connectivity index (χ0) is 10.6. The molecule has 0 amide bonds. The summed E-state index contributed by atoms with van der Waals surface area (Å²) < 4.78 is 2.20. The number of carbonyl (C=O) groups is 1. The molecule has 0 aliphatic rings. The Bertz CT molecular complexity index is 435. The average molecular weight is 378 g/mol. The van der Waals surface area contributed by atoms with Gasteiger partial charge in [0, 0.05) is 6.92 Å². The van der Waals surface area contributed by atoms with Crippen molar-refractivity contribution in [1.29, 1.82) is 0 Å². The summed E-state index contributed by atoms with van der Waals surface area (Å²) in [7, 11) is 0. The van der Waals surface area contributed by atoms with Crippen LogP contribution in [0.4, 0.5) is 0 Å². The molecule has 0 saturated carbocycles. The standard InChI is InChI=1S/C7H5N2.C2H4O2.Hg/c1-2-4-7-6(3-1)8-5-9-7;1-2(3)4;/h1-5H;1H3,(H,3,4);/q-1;;+1. The first kappa shape index (κ1) is 11.2. The van der Waals surface area contributed by atoms with Gasteiger partial charge < -0.3 is 5.11 Å². The van der Waals surface area contributed by atoms with Crippen molar-refractivity contribution in [2.75, 3.05) is 0 Å². The summed E-state index contributed by atoms with van der Waals surface area (Å²) in [5.74, 6) is -0.833. The topological polar surface area (TPSA) is 55.1 Å². The number of imidazole rings is 1. The zero-order valence-electron chi connectivity index (χ0n) is 7.84. The van der Waals surface area contributed by atoms with Crippen molar-refractivity contribution in [3.63, 3.8) is 0 Å². The van der Waals surface area contributed by atoms with Gasteiger partial charge in [0.2, 0.25) is 0 Å². The molecule has 1 aromatic carbocycles. The molecule has 1 heterocycles. The predicted octanol–water partition coefficient (Wildman–Crippen LogP) is 1.44. The van der Waals surface area contributed by atoms with Crippen LogP contribution < -0.4 is 0 Å². The number of hydrogen-bond donors (Lipinski definition) is 1. The molecule has 0 saturated heterocycles. The number of carboxylic acids is 1. The maximum absolute atomic E-state index is 9.00. The molecule has 4 nitrogen and oxygen atoms in total. The van der Waals surface area contributed by atoms with E-state index in [1.165, 1.54) is 5.52 Å². The number of aliphatic carboxylic acids is 1. The Balaban J connectivity index is 0.000000213. The van der Waals surface area contributed by atoms with Gasteiger partial charge in [-0.05, 0) is 0 Å². The molecular formula is C9H9HgN2O2. The SMILES string of the molecule is CC(=O)O.[Hg][n]1cnc2ccccc21. The van der Waals surface area contributed by atoms with Crippen LogP contribution >= 0.6 is 0 Å². The summed E-state index contributed by atoms with van der Waals surface area (Å²) in [6.07, 6.45) is 1.91. The van der Waals surface area contributed by atoms with Gasteiger partial charge in [0.25, 0.3) is 5.97 Å². The van der Waals surface area contributed by atoms with Crippen LogP contribution in [0.25, 0.3) is 11.0 Å². The van der Waals surface area contributed by atoms with Crippen LogP contribution in [0.1, 0.15) is 6.92 Å². The predicted molar refractivity (Wildman–Crippen MR) is 48.4 cm³/mol. The summed E-state index contributed by atoms with van der Waals surface area (Å²) in [6.45, 7) is 1.08. The van der Waals surface area contributed by atoms with Gasteiger partial charge in [-0.15, -0.1) is 0 Å². The van der Waals surface area contributed by atoms with Gasteiger partial charge in [-0.1, -0.05) is 0 Å². The molecule has 0 aliphatic heterocycles. The van der Waals surface area contributed by atoms with Gasteiger partial charge in [0.1, 0.15) is 0 Å². The molecule has 5 heteroatoms. The summed E-state index contributed by atoms with van der Waals surface area (Å²) >= 11 is 0.621. The molecule has 2 rings (SSSR count). The van der Waals surface area contributed by atoms with Crippen LogP contribution in [0.2, 0.25) is 0 Å². The quantitative estimate of drug-likeness (QED) is 0.707. The second-order valence-corrected chi connectivity index (χ2v) is 5.37. The van der Waals surface area contributed by atoms with E-state index in [1.54, 1.807) is 0 Å². The fraction of sp³-hybridized carbons (Fsp3) is 0.111. The van der Waals surface area contributed by atoms with Gasteiger partial charge >= 0.3 is 75.4 Å². The molecule has 0 bridgehead atoms. The fourth-order valence-electron chi connectivity index (χ4n) is 1.01. The van der Waals surface area contributed by atoms with Crippen LogP contribution in [0.3, 0.4) is 0 Å². The number of carboxylic acid groups (broad SMARTS) is 1. The molecule has 2 aromatic rings. The van der Waals surface area contributed by atoms with Crippen molar-refractivity contribution in [2.45, 2.75) is 6.92 Å². The Hall–Kier alpha value is -0.905. The average Bonchev–Trinajstić information content (AvgIpc) is 2.48. The van der Waals surface area contributed by atoms with E-state index in [1.807, 2.05) is 24.5 Å². The summed E-state index contributed by atoms with van der Waals surface area (Å²) in [6, 6.07) is 8.21. The number of benzene rings is 1. The molecule has 0 radical (unpaired) electrons. The molecule has 0 fully saturated rings. The van der Waals surface area contributed by atoms with E-state index in [9.17, 15) is 0 Å². The molecule has 69 valence electrons. The number of hydrogen-bond acceptors (Lipinski definition) is 2. The number of rotatable bonds is 0. The van der Waals surface area contributed by atoms with E-state index in [-0.39, 0.29) is 0 Å². The van der Waals surface area contributed by atoms with Gasteiger partial charge in [-0.2, -0.15) is 0 Å². The Morgan fingerprint density at radius 3 is 2.64 bits per heavy atom. The molecule has 0 aliphatic carbocycles.